The van der Waals surface area contributed by atoms with E-state index in [1.165, 1.54) is 26.2 Å². The van der Waals surface area contributed by atoms with Crippen LogP contribution in [0.5, 0.6) is 11.5 Å². The first-order chi connectivity index (χ1) is 11.8. The molecule has 0 unspecified atom stereocenters. The topological polar surface area (TPSA) is 90.9 Å². The highest BCUT2D eigenvalue weighted by Gasteiger charge is 2.16. The number of carbonyl (C=O) groups excluding carboxylic acids is 2. The maximum absolute atomic E-state index is 12.3. The number of thiol groups is 1. The molecule has 25 heavy (non-hydrogen) atoms. The van der Waals surface area contributed by atoms with Gasteiger partial charge in [0, 0.05) is 18.7 Å². The summed E-state index contributed by atoms with van der Waals surface area (Å²) in [6.07, 6.45) is 0. The normalized spacial score (nSPS) is 10.1. The third-order valence-corrected chi connectivity index (χ3v) is 3.85. The quantitative estimate of drug-likeness (QED) is 0.477. The summed E-state index contributed by atoms with van der Waals surface area (Å²) in [5, 5.41) is 14.9. The van der Waals surface area contributed by atoms with Gasteiger partial charge < -0.3 is 20.5 Å². The van der Waals surface area contributed by atoms with Crippen LogP contribution in [0.1, 0.15) is 6.92 Å². The molecule has 0 aliphatic rings. The molecule has 0 bridgehead atoms. The van der Waals surface area contributed by atoms with Crippen LogP contribution in [0.2, 0.25) is 5.02 Å². The van der Waals surface area contributed by atoms with Crippen molar-refractivity contribution >= 4 is 53.4 Å². The molecule has 3 N–H and O–H groups in total. The largest absolute Gasteiger partial charge is 0.506 e. The van der Waals surface area contributed by atoms with Gasteiger partial charge in [-0.25, -0.2) is 9.10 Å². The zero-order valence-electron chi connectivity index (χ0n) is 13.4. The number of amides is 3. The number of nitrogens with zero attached hydrogens (tertiary/aromatic N) is 1. The number of phenols is 1. The zero-order valence-corrected chi connectivity index (χ0v) is 15.1. The summed E-state index contributed by atoms with van der Waals surface area (Å²) in [5.41, 5.74) is 1.37. The smallest absolute Gasteiger partial charge is 0.336 e. The zero-order chi connectivity index (χ0) is 18.6. The Labute approximate surface area is 155 Å². The average molecular weight is 382 g/mol. The van der Waals surface area contributed by atoms with Gasteiger partial charge in [0.05, 0.1) is 23.5 Å². The number of halogens is 1. The average Bonchev–Trinajstić information content (AvgIpc) is 2.57. The summed E-state index contributed by atoms with van der Waals surface area (Å²) in [4.78, 5) is 23.4. The monoisotopic (exact) mass is 381 g/mol. The Morgan fingerprint density at radius 3 is 2.40 bits per heavy atom. The number of urea groups is 1. The van der Waals surface area contributed by atoms with Crippen LogP contribution in [0.15, 0.2) is 36.4 Å². The third-order valence-electron chi connectivity index (χ3n) is 3.14. The van der Waals surface area contributed by atoms with Gasteiger partial charge >= 0.3 is 6.03 Å². The van der Waals surface area contributed by atoms with Crippen molar-refractivity contribution in [2.75, 3.05) is 22.0 Å². The maximum atomic E-state index is 12.3. The molecule has 0 saturated carbocycles. The molecule has 0 aliphatic heterocycles. The molecular weight excluding hydrogens is 366 g/mol. The molecule has 132 valence electrons. The van der Waals surface area contributed by atoms with Crippen LogP contribution in [-0.2, 0) is 4.79 Å². The number of anilines is 3. The molecule has 9 heteroatoms. The van der Waals surface area contributed by atoms with Crippen LogP contribution in [0.25, 0.3) is 0 Å². The minimum absolute atomic E-state index is 0.0708. The number of hydrogen-bond acceptors (Lipinski definition) is 5. The molecular formula is C16H16ClN3O4S. The second kappa shape index (κ2) is 8.00. The standard InChI is InChI=1S/C16H16ClN3O4S/c1-9(21)18-10-3-5-11(6-4-10)20(25)16(23)19-13-7-12(17)14(22)8-15(13)24-2/h3-8,22,25H,1-2H3,(H,18,21)(H,19,23). The van der Waals surface area contributed by atoms with E-state index in [2.05, 4.69) is 23.4 Å². The van der Waals surface area contributed by atoms with Crippen molar-refractivity contribution in [1.82, 2.24) is 0 Å². The molecule has 2 aromatic rings. The highest BCUT2D eigenvalue weighted by Crippen LogP contribution is 2.35. The SMILES string of the molecule is COc1cc(O)c(Cl)cc1NC(=O)N(S)c1ccc(NC(C)=O)cc1. The van der Waals surface area contributed by atoms with Crippen molar-refractivity contribution in [3.8, 4) is 11.5 Å². The van der Waals surface area contributed by atoms with E-state index in [-0.39, 0.29) is 28.1 Å². The van der Waals surface area contributed by atoms with Crippen molar-refractivity contribution in [2.24, 2.45) is 0 Å². The van der Waals surface area contributed by atoms with Crippen molar-refractivity contribution in [1.29, 1.82) is 0 Å². The second-order valence-electron chi connectivity index (χ2n) is 4.97. The summed E-state index contributed by atoms with van der Waals surface area (Å²) in [6, 6.07) is 8.64. The van der Waals surface area contributed by atoms with Gasteiger partial charge in [-0.05, 0) is 30.3 Å². The Bertz CT molecular complexity index is 799. The van der Waals surface area contributed by atoms with Crippen molar-refractivity contribution in [3.63, 3.8) is 0 Å². The van der Waals surface area contributed by atoms with E-state index in [0.29, 0.717) is 11.4 Å². The van der Waals surface area contributed by atoms with E-state index in [1.54, 1.807) is 24.3 Å². The molecule has 7 nitrogen and oxygen atoms in total. The molecule has 0 fully saturated rings. The number of nitrogens with one attached hydrogen (secondary N) is 2. The number of benzene rings is 2. The summed E-state index contributed by atoms with van der Waals surface area (Å²) < 4.78 is 6.18. The number of carbonyl (C=O) groups is 2. The fourth-order valence-electron chi connectivity index (χ4n) is 1.98. The number of phenolic OH excluding ortho intramolecular Hbond substituents is 1. The lowest BCUT2D eigenvalue weighted by Gasteiger charge is -2.18. The first-order valence-corrected chi connectivity index (χ1v) is 7.83. The number of hydrogen-bond donors (Lipinski definition) is 4. The minimum Gasteiger partial charge on any atom is -0.506 e. The summed E-state index contributed by atoms with van der Waals surface area (Å²) >= 11 is 10.0. The fraction of sp³-hybridized carbons (Fsp3) is 0.125. The van der Waals surface area contributed by atoms with Gasteiger partial charge in [0.15, 0.2) is 0 Å². The summed E-state index contributed by atoms with van der Waals surface area (Å²) in [6.45, 7) is 1.41. The molecule has 2 rings (SSSR count). The van der Waals surface area contributed by atoms with Crippen LogP contribution in [-0.4, -0.2) is 24.2 Å². The van der Waals surface area contributed by atoms with E-state index in [9.17, 15) is 14.7 Å². The van der Waals surface area contributed by atoms with E-state index < -0.39 is 6.03 Å². The Hall–Kier alpha value is -2.58. The highest BCUT2D eigenvalue weighted by atomic mass is 35.5. The lowest BCUT2D eigenvalue weighted by atomic mass is 10.2. The molecule has 0 heterocycles. The first kappa shape index (κ1) is 18.8. The van der Waals surface area contributed by atoms with E-state index in [4.69, 9.17) is 16.3 Å². The molecule has 0 radical (unpaired) electrons. The number of aromatic hydroxyl groups is 1. The third kappa shape index (κ3) is 4.71. The lowest BCUT2D eigenvalue weighted by molar-refractivity contribution is -0.114. The van der Waals surface area contributed by atoms with Crippen molar-refractivity contribution < 1.29 is 19.4 Å². The molecule has 2 aromatic carbocycles. The highest BCUT2D eigenvalue weighted by molar-refractivity contribution is 7.82. The van der Waals surface area contributed by atoms with Crippen LogP contribution in [0.3, 0.4) is 0 Å². The minimum atomic E-state index is -0.560. The Balaban J connectivity index is 2.15. The van der Waals surface area contributed by atoms with Gasteiger partial charge in [0.2, 0.25) is 5.91 Å². The van der Waals surface area contributed by atoms with Crippen LogP contribution in [0.4, 0.5) is 21.9 Å². The van der Waals surface area contributed by atoms with Gasteiger partial charge in [-0.15, -0.1) is 0 Å². The molecule has 0 aromatic heterocycles. The molecule has 0 spiro atoms. The fourth-order valence-corrected chi connectivity index (χ4v) is 2.33. The Morgan fingerprint density at radius 1 is 1.20 bits per heavy atom. The van der Waals surface area contributed by atoms with Gasteiger partial charge in [0.1, 0.15) is 11.5 Å². The van der Waals surface area contributed by atoms with Gasteiger partial charge in [0.25, 0.3) is 0 Å². The van der Waals surface area contributed by atoms with Gasteiger partial charge in [-0.3, -0.25) is 4.79 Å². The number of methoxy groups -OCH3 is 1. The predicted molar refractivity (Wildman–Crippen MR) is 101 cm³/mol. The van der Waals surface area contributed by atoms with Crippen LogP contribution >= 0.6 is 24.4 Å². The molecule has 3 amide bonds. The summed E-state index contributed by atoms with van der Waals surface area (Å²) in [5.74, 6) is -0.102. The molecule has 0 aliphatic carbocycles. The Morgan fingerprint density at radius 2 is 1.84 bits per heavy atom. The number of ether oxygens (including phenoxy) is 1. The first-order valence-electron chi connectivity index (χ1n) is 7.06. The van der Waals surface area contributed by atoms with E-state index >= 15 is 0 Å². The lowest BCUT2D eigenvalue weighted by Crippen LogP contribution is -2.27. The van der Waals surface area contributed by atoms with Gasteiger partial charge in [-0.2, -0.15) is 0 Å². The maximum Gasteiger partial charge on any atom is 0.336 e. The van der Waals surface area contributed by atoms with Crippen molar-refractivity contribution in [2.45, 2.75) is 6.92 Å². The number of rotatable bonds is 4. The van der Waals surface area contributed by atoms with Crippen LogP contribution < -0.4 is 19.7 Å². The van der Waals surface area contributed by atoms with Gasteiger partial charge in [-0.1, -0.05) is 24.4 Å². The van der Waals surface area contributed by atoms with Crippen molar-refractivity contribution in [3.05, 3.63) is 41.4 Å². The van der Waals surface area contributed by atoms with Crippen LogP contribution in [0, 0.1) is 0 Å². The predicted octanol–water partition coefficient (Wildman–Crippen LogP) is 3.90. The second-order valence-corrected chi connectivity index (χ2v) is 5.78. The molecule has 0 saturated heterocycles. The summed E-state index contributed by atoms with van der Waals surface area (Å²) in [7, 11) is 1.40. The van der Waals surface area contributed by atoms with E-state index in [0.717, 1.165) is 4.31 Å². The molecule has 0 atom stereocenters. The van der Waals surface area contributed by atoms with E-state index in [1.807, 2.05) is 0 Å². The Kier molecular flexibility index (Phi) is 6.00.